The molecule has 1 N–H and O–H groups in total. The van der Waals surface area contributed by atoms with Gasteiger partial charge in [-0.05, 0) is 60.5 Å². The Labute approximate surface area is 191 Å². The summed E-state index contributed by atoms with van der Waals surface area (Å²) < 4.78 is 11.1. The van der Waals surface area contributed by atoms with Gasteiger partial charge in [0.25, 0.3) is 11.1 Å². The molecule has 0 spiro atoms. The van der Waals surface area contributed by atoms with Gasteiger partial charge in [0.05, 0.1) is 18.6 Å². The first-order valence-electron chi connectivity index (χ1n) is 10.3. The number of carbonyl (C=O) groups excluding carboxylic acids is 3. The highest BCUT2D eigenvalue weighted by molar-refractivity contribution is 8.18. The highest BCUT2D eigenvalue weighted by atomic mass is 32.2. The molecule has 0 radical (unpaired) electrons. The number of hydrogen-bond donors (Lipinski definition) is 1. The lowest BCUT2D eigenvalue weighted by Gasteiger charge is -2.13. The van der Waals surface area contributed by atoms with Crippen molar-refractivity contribution in [2.24, 2.45) is 0 Å². The smallest absolute Gasteiger partial charge is 0.294 e. The molecular formula is C24H26N2O5S. The van der Waals surface area contributed by atoms with Crippen molar-refractivity contribution in [3.8, 4) is 11.5 Å². The molecule has 1 saturated heterocycles. The highest BCUT2D eigenvalue weighted by Crippen LogP contribution is 2.34. The maximum Gasteiger partial charge on any atom is 0.294 e. The average Bonchev–Trinajstić information content (AvgIpc) is 3.03. The van der Waals surface area contributed by atoms with Gasteiger partial charge >= 0.3 is 0 Å². The predicted molar refractivity (Wildman–Crippen MR) is 126 cm³/mol. The molecule has 3 rings (SSSR count). The first-order chi connectivity index (χ1) is 15.4. The van der Waals surface area contributed by atoms with Gasteiger partial charge in [0, 0.05) is 5.69 Å². The molecule has 1 aliphatic rings. The number of carbonyl (C=O) groups is 3. The van der Waals surface area contributed by atoms with Gasteiger partial charge in [-0.15, -0.1) is 0 Å². The third kappa shape index (κ3) is 5.70. The predicted octanol–water partition coefficient (Wildman–Crippen LogP) is 4.86. The minimum Gasteiger partial charge on any atom is -0.493 e. The van der Waals surface area contributed by atoms with Gasteiger partial charge in [-0.2, -0.15) is 0 Å². The zero-order valence-electron chi connectivity index (χ0n) is 18.3. The highest BCUT2D eigenvalue weighted by Gasteiger charge is 2.36. The number of nitrogens with zero attached hydrogens (tertiary/aromatic N) is 1. The van der Waals surface area contributed by atoms with E-state index in [9.17, 15) is 14.4 Å². The summed E-state index contributed by atoms with van der Waals surface area (Å²) in [6.07, 6.45) is 3.58. The maximum absolute atomic E-state index is 12.8. The van der Waals surface area contributed by atoms with E-state index >= 15 is 0 Å². The Morgan fingerprint density at radius 1 is 1.16 bits per heavy atom. The molecule has 0 saturated carbocycles. The van der Waals surface area contributed by atoms with Crippen LogP contribution in [0, 0.1) is 6.92 Å². The van der Waals surface area contributed by atoms with Crippen LogP contribution in [-0.4, -0.2) is 42.2 Å². The third-order valence-electron chi connectivity index (χ3n) is 4.84. The van der Waals surface area contributed by atoms with Crippen LogP contribution in [0.3, 0.4) is 0 Å². The summed E-state index contributed by atoms with van der Waals surface area (Å²) in [5.41, 5.74) is 2.24. The van der Waals surface area contributed by atoms with Crippen LogP contribution in [0.4, 0.5) is 10.5 Å². The first kappa shape index (κ1) is 23.4. The standard InChI is InChI=1S/C24H26N2O5S/c1-4-5-12-31-19-11-10-17(13-20(19)30-3)14-21-23(28)26(24(29)32-21)15-22(27)25-18-9-7-6-8-16(18)2/h6-11,13-14H,4-5,12,15H2,1-3H3,(H,25,27)/b21-14-. The van der Waals surface area contributed by atoms with Crippen LogP contribution in [-0.2, 0) is 9.59 Å². The Morgan fingerprint density at radius 3 is 2.66 bits per heavy atom. The number of unbranched alkanes of at least 4 members (excludes halogenated alkanes) is 1. The van der Waals surface area contributed by atoms with E-state index in [0.717, 1.165) is 35.1 Å². The summed E-state index contributed by atoms with van der Waals surface area (Å²) in [5.74, 6) is 0.242. The lowest BCUT2D eigenvalue weighted by atomic mass is 10.2. The van der Waals surface area contributed by atoms with Crippen LogP contribution in [0.2, 0.25) is 0 Å². The molecule has 0 bridgehead atoms. The molecule has 0 aliphatic carbocycles. The second-order valence-corrected chi connectivity index (χ2v) is 8.24. The molecule has 168 valence electrons. The number of hydrogen-bond acceptors (Lipinski definition) is 6. The van der Waals surface area contributed by atoms with Crippen LogP contribution < -0.4 is 14.8 Å². The van der Waals surface area contributed by atoms with Crippen molar-refractivity contribution in [1.29, 1.82) is 0 Å². The van der Waals surface area contributed by atoms with Gasteiger partial charge in [0.1, 0.15) is 6.54 Å². The van der Waals surface area contributed by atoms with Crippen LogP contribution in [0.25, 0.3) is 6.08 Å². The summed E-state index contributed by atoms with van der Waals surface area (Å²) >= 11 is 0.809. The quantitative estimate of drug-likeness (QED) is 0.430. The Kier molecular flexibility index (Phi) is 7.94. The second kappa shape index (κ2) is 10.9. The molecule has 0 unspecified atom stereocenters. The Balaban J connectivity index is 1.69. The second-order valence-electron chi connectivity index (χ2n) is 7.24. The lowest BCUT2D eigenvalue weighted by molar-refractivity contribution is -0.127. The van der Waals surface area contributed by atoms with E-state index in [4.69, 9.17) is 9.47 Å². The minimum absolute atomic E-state index is 0.250. The van der Waals surface area contributed by atoms with Gasteiger partial charge in [-0.25, -0.2) is 0 Å². The van der Waals surface area contributed by atoms with Gasteiger partial charge < -0.3 is 14.8 Å². The number of anilines is 1. The zero-order valence-corrected chi connectivity index (χ0v) is 19.2. The van der Waals surface area contributed by atoms with E-state index in [2.05, 4.69) is 12.2 Å². The fourth-order valence-corrected chi connectivity index (χ4v) is 3.89. The van der Waals surface area contributed by atoms with E-state index in [1.807, 2.05) is 19.1 Å². The van der Waals surface area contributed by atoms with E-state index in [1.54, 1.807) is 43.5 Å². The van der Waals surface area contributed by atoms with Crippen molar-refractivity contribution < 1.29 is 23.9 Å². The lowest BCUT2D eigenvalue weighted by Crippen LogP contribution is -2.36. The van der Waals surface area contributed by atoms with Crippen LogP contribution in [0.5, 0.6) is 11.5 Å². The third-order valence-corrected chi connectivity index (χ3v) is 5.74. The number of amides is 3. The van der Waals surface area contributed by atoms with Crippen LogP contribution >= 0.6 is 11.8 Å². The van der Waals surface area contributed by atoms with Gasteiger partial charge in [0.2, 0.25) is 5.91 Å². The van der Waals surface area contributed by atoms with Crippen molar-refractivity contribution in [3.05, 3.63) is 58.5 Å². The molecule has 1 heterocycles. The molecule has 2 aromatic carbocycles. The number of aryl methyl sites for hydroxylation is 1. The summed E-state index contributed by atoms with van der Waals surface area (Å²) in [5, 5.41) is 2.26. The summed E-state index contributed by atoms with van der Waals surface area (Å²) in [6.45, 7) is 4.20. The SMILES string of the molecule is CCCCOc1ccc(/C=C2\SC(=O)N(CC(=O)Nc3ccccc3C)C2=O)cc1OC. The number of imide groups is 1. The number of methoxy groups -OCH3 is 1. The summed E-state index contributed by atoms with van der Waals surface area (Å²) in [6, 6.07) is 12.6. The summed E-state index contributed by atoms with van der Waals surface area (Å²) in [4.78, 5) is 38.7. The molecule has 3 amide bonds. The monoisotopic (exact) mass is 454 g/mol. The topological polar surface area (TPSA) is 84.9 Å². The fraction of sp³-hybridized carbons (Fsp3) is 0.292. The van der Waals surface area contributed by atoms with E-state index in [-0.39, 0.29) is 11.4 Å². The molecule has 32 heavy (non-hydrogen) atoms. The van der Waals surface area contributed by atoms with E-state index in [0.29, 0.717) is 29.4 Å². The molecule has 1 aliphatic heterocycles. The largest absolute Gasteiger partial charge is 0.493 e. The normalized spacial score (nSPS) is 14.7. The Hall–Kier alpha value is -3.26. The average molecular weight is 455 g/mol. The van der Waals surface area contributed by atoms with Crippen molar-refractivity contribution in [1.82, 2.24) is 4.90 Å². The number of rotatable bonds is 9. The number of ether oxygens (including phenoxy) is 2. The van der Waals surface area contributed by atoms with Crippen LogP contribution in [0.15, 0.2) is 47.4 Å². The molecule has 0 atom stereocenters. The molecule has 7 nitrogen and oxygen atoms in total. The number of thioether (sulfide) groups is 1. The maximum atomic E-state index is 12.8. The van der Waals surface area contributed by atoms with Gasteiger partial charge in [-0.3, -0.25) is 19.3 Å². The first-order valence-corrected chi connectivity index (χ1v) is 11.2. The van der Waals surface area contributed by atoms with Gasteiger partial charge in [0.15, 0.2) is 11.5 Å². The number of nitrogens with one attached hydrogen (secondary N) is 1. The molecule has 2 aromatic rings. The van der Waals surface area contributed by atoms with Crippen molar-refractivity contribution in [3.63, 3.8) is 0 Å². The molecule has 0 aromatic heterocycles. The van der Waals surface area contributed by atoms with Crippen LogP contribution in [0.1, 0.15) is 30.9 Å². The fourth-order valence-electron chi connectivity index (χ4n) is 3.05. The Bertz CT molecular complexity index is 1050. The number of benzene rings is 2. The minimum atomic E-state index is -0.498. The van der Waals surface area contributed by atoms with Crippen molar-refractivity contribution in [2.45, 2.75) is 26.7 Å². The summed E-state index contributed by atoms with van der Waals surface area (Å²) in [7, 11) is 1.55. The van der Waals surface area contributed by atoms with E-state index < -0.39 is 17.1 Å². The van der Waals surface area contributed by atoms with E-state index in [1.165, 1.54) is 0 Å². The molecule has 1 fully saturated rings. The van der Waals surface area contributed by atoms with Crippen molar-refractivity contribution in [2.75, 3.05) is 25.6 Å². The van der Waals surface area contributed by atoms with Gasteiger partial charge in [-0.1, -0.05) is 37.6 Å². The number of para-hydroxylation sites is 1. The molecular weight excluding hydrogens is 428 g/mol. The Morgan fingerprint density at radius 2 is 1.94 bits per heavy atom. The molecule has 8 heteroatoms. The zero-order chi connectivity index (χ0) is 23.1. The van der Waals surface area contributed by atoms with Crippen molar-refractivity contribution >= 4 is 40.6 Å².